The fraction of sp³-hybridized carbons (Fsp3) is 0.938. The molecule has 20 heavy (non-hydrogen) atoms. The Morgan fingerprint density at radius 2 is 1.70 bits per heavy atom. The highest BCUT2D eigenvalue weighted by Gasteiger charge is 2.28. The maximum Gasteiger partial charge on any atom is 0.407 e. The molecule has 0 aliphatic heterocycles. The number of rotatable bonds is 4. The summed E-state index contributed by atoms with van der Waals surface area (Å²) >= 11 is 0. The van der Waals surface area contributed by atoms with Crippen LogP contribution >= 0.6 is 0 Å². The van der Waals surface area contributed by atoms with Crippen molar-refractivity contribution in [2.24, 2.45) is 11.3 Å². The molecule has 2 N–H and O–H groups in total. The quantitative estimate of drug-likeness (QED) is 0.831. The summed E-state index contributed by atoms with van der Waals surface area (Å²) in [5.41, 5.74) is -0.428. The molecule has 1 rings (SSSR count). The lowest BCUT2D eigenvalue weighted by Gasteiger charge is -2.34. The predicted octanol–water partition coefficient (Wildman–Crippen LogP) is 3.48. The molecule has 1 aliphatic rings. The van der Waals surface area contributed by atoms with Gasteiger partial charge < -0.3 is 15.2 Å². The van der Waals surface area contributed by atoms with Gasteiger partial charge in [0.05, 0.1) is 0 Å². The number of carbonyl (C=O) groups is 1. The van der Waals surface area contributed by atoms with Crippen LogP contribution in [0.25, 0.3) is 0 Å². The Kier molecular flexibility index (Phi) is 5.87. The summed E-state index contributed by atoms with van der Waals surface area (Å²) in [7, 11) is 0. The minimum atomic E-state index is -0.438. The number of aliphatic hydroxyl groups excluding tert-OH is 1. The molecule has 0 heterocycles. The summed E-state index contributed by atoms with van der Waals surface area (Å²) in [4.78, 5) is 11.7. The van der Waals surface area contributed by atoms with Gasteiger partial charge in [-0.15, -0.1) is 0 Å². The average molecular weight is 285 g/mol. The normalized spacial score (nSPS) is 24.3. The molecule has 0 aromatic rings. The summed E-state index contributed by atoms with van der Waals surface area (Å²) in [6, 6.07) is 0.235. The number of hydrogen-bond acceptors (Lipinski definition) is 3. The molecule has 1 amide bonds. The smallest absolute Gasteiger partial charge is 0.407 e. The molecule has 4 nitrogen and oxygen atoms in total. The molecule has 4 heteroatoms. The van der Waals surface area contributed by atoms with Gasteiger partial charge in [-0.25, -0.2) is 4.79 Å². The number of amides is 1. The number of alkyl carbamates (subject to hydrolysis) is 1. The second-order valence-corrected chi connectivity index (χ2v) is 7.89. The molecule has 0 saturated heterocycles. The highest BCUT2D eigenvalue weighted by Crippen LogP contribution is 2.34. The van der Waals surface area contributed by atoms with Gasteiger partial charge in [0.1, 0.15) is 5.60 Å². The topological polar surface area (TPSA) is 58.6 Å². The van der Waals surface area contributed by atoms with Crippen LogP contribution < -0.4 is 5.32 Å². The van der Waals surface area contributed by atoms with Crippen LogP contribution in [0.15, 0.2) is 0 Å². The van der Waals surface area contributed by atoms with E-state index in [-0.39, 0.29) is 24.2 Å². The van der Waals surface area contributed by atoms with E-state index in [4.69, 9.17) is 4.74 Å². The molecule has 1 saturated carbocycles. The van der Waals surface area contributed by atoms with E-state index < -0.39 is 5.60 Å². The molecule has 0 bridgehead atoms. The fourth-order valence-electron chi connectivity index (χ4n) is 2.83. The van der Waals surface area contributed by atoms with E-state index in [1.165, 1.54) is 0 Å². The summed E-state index contributed by atoms with van der Waals surface area (Å²) in [5.74, 6) is 0.661. The molecule has 0 unspecified atom stereocenters. The van der Waals surface area contributed by atoms with Crippen molar-refractivity contribution >= 4 is 6.09 Å². The van der Waals surface area contributed by atoms with Crippen LogP contribution in [0, 0.1) is 11.3 Å². The van der Waals surface area contributed by atoms with E-state index >= 15 is 0 Å². The summed E-state index contributed by atoms with van der Waals surface area (Å²) in [6.07, 6.45) is 4.99. The van der Waals surface area contributed by atoms with Gasteiger partial charge in [0.15, 0.2) is 0 Å². The van der Waals surface area contributed by atoms with Crippen molar-refractivity contribution in [1.29, 1.82) is 0 Å². The third-order valence-electron chi connectivity index (χ3n) is 3.84. The third-order valence-corrected chi connectivity index (χ3v) is 3.84. The van der Waals surface area contributed by atoms with Crippen LogP contribution in [-0.2, 0) is 4.74 Å². The SMILES string of the molecule is CC(C)(CO)CC1CCC(NC(=O)OC(C)(C)C)CC1. The zero-order valence-electron chi connectivity index (χ0n) is 13.7. The molecular formula is C16H31NO3. The molecule has 0 aromatic carbocycles. The van der Waals surface area contributed by atoms with E-state index in [0.717, 1.165) is 32.1 Å². The van der Waals surface area contributed by atoms with Gasteiger partial charge in [-0.2, -0.15) is 0 Å². The Hall–Kier alpha value is -0.770. The van der Waals surface area contributed by atoms with Crippen LogP contribution in [0.4, 0.5) is 4.79 Å². The summed E-state index contributed by atoms with van der Waals surface area (Å²) in [6.45, 7) is 10.1. The van der Waals surface area contributed by atoms with Crippen LogP contribution in [0.1, 0.15) is 66.7 Å². The average Bonchev–Trinajstić information content (AvgIpc) is 2.29. The number of carbonyl (C=O) groups excluding carboxylic acids is 1. The number of nitrogens with one attached hydrogen (secondary N) is 1. The van der Waals surface area contributed by atoms with Crippen molar-refractivity contribution in [3.8, 4) is 0 Å². The van der Waals surface area contributed by atoms with Gasteiger partial charge in [0.2, 0.25) is 0 Å². The number of ether oxygens (including phenoxy) is 1. The Balaban J connectivity index is 2.30. The largest absolute Gasteiger partial charge is 0.444 e. The maximum atomic E-state index is 11.7. The van der Waals surface area contributed by atoms with E-state index in [9.17, 15) is 9.90 Å². The van der Waals surface area contributed by atoms with Gasteiger partial charge in [0, 0.05) is 12.6 Å². The first kappa shape index (κ1) is 17.3. The van der Waals surface area contributed by atoms with Crippen molar-refractivity contribution in [3.63, 3.8) is 0 Å². The molecule has 0 spiro atoms. The number of hydrogen-bond donors (Lipinski definition) is 2. The van der Waals surface area contributed by atoms with Crippen molar-refractivity contribution in [2.75, 3.05) is 6.61 Å². The lowest BCUT2D eigenvalue weighted by Crippen LogP contribution is -2.41. The minimum Gasteiger partial charge on any atom is -0.444 e. The molecule has 0 atom stereocenters. The second-order valence-electron chi connectivity index (χ2n) is 7.89. The van der Waals surface area contributed by atoms with Crippen LogP contribution in [-0.4, -0.2) is 29.4 Å². The fourth-order valence-corrected chi connectivity index (χ4v) is 2.83. The van der Waals surface area contributed by atoms with E-state index in [2.05, 4.69) is 19.2 Å². The van der Waals surface area contributed by atoms with Crippen LogP contribution in [0.3, 0.4) is 0 Å². The molecule has 118 valence electrons. The first-order chi connectivity index (χ1) is 9.11. The van der Waals surface area contributed by atoms with Crippen molar-refractivity contribution in [3.05, 3.63) is 0 Å². The zero-order valence-corrected chi connectivity index (χ0v) is 13.7. The van der Waals surface area contributed by atoms with Crippen molar-refractivity contribution in [2.45, 2.75) is 78.4 Å². The first-order valence-corrected chi connectivity index (χ1v) is 7.72. The van der Waals surface area contributed by atoms with E-state index in [0.29, 0.717) is 5.92 Å². The maximum absolute atomic E-state index is 11.7. The zero-order chi connectivity index (χ0) is 15.4. The molecule has 0 radical (unpaired) electrons. The monoisotopic (exact) mass is 285 g/mol. The second kappa shape index (κ2) is 6.79. The van der Waals surface area contributed by atoms with Gasteiger partial charge >= 0.3 is 6.09 Å². The Morgan fingerprint density at radius 1 is 1.15 bits per heavy atom. The van der Waals surface area contributed by atoms with Gasteiger partial charge in [-0.1, -0.05) is 13.8 Å². The standard InChI is InChI=1S/C16H31NO3/c1-15(2,3)20-14(19)17-13-8-6-12(7-9-13)10-16(4,5)11-18/h12-13,18H,6-11H2,1-5H3,(H,17,19). The van der Waals surface area contributed by atoms with Crippen molar-refractivity contribution in [1.82, 2.24) is 5.32 Å². The lowest BCUT2D eigenvalue weighted by molar-refractivity contribution is 0.0479. The van der Waals surface area contributed by atoms with E-state index in [1.807, 2.05) is 20.8 Å². The Labute approximate surface area is 123 Å². The van der Waals surface area contributed by atoms with Gasteiger partial charge in [-0.05, 0) is 64.2 Å². The molecular weight excluding hydrogens is 254 g/mol. The van der Waals surface area contributed by atoms with Gasteiger partial charge in [-0.3, -0.25) is 0 Å². The Morgan fingerprint density at radius 3 is 2.15 bits per heavy atom. The van der Waals surface area contributed by atoms with Crippen LogP contribution in [0.2, 0.25) is 0 Å². The third kappa shape index (κ3) is 6.60. The molecule has 1 fully saturated rings. The highest BCUT2D eigenvalue weighted by molar-refractivity contribution is 5.68. The minimum absolute atomic E-state index is 0.0100. The Bertz CT molecular complexity index is 312. The predicted molar refractivity (Wildman–Crippen MR) is 80.6 cm³/mol. The summed E-state index contributed by atoms with van der Waals surface area (Å²) in [5, 5.41) is 12.3. The molecule has 1 aliphatic carbocycles. The van der Waals surface area contributed by atoms with Crippen LogP contribution in [0.5, 0.6) is 0 Å². The molecule has 0 aromatic heterocycles. The summed E-state index contributed by atoms with van der Waals surface area (Å²) < 4.78 is 5.28. The highest BCUT2D eigenvalue weighted by atomic mass is 16.6. The number of aliphatic hydroxyl groups is 1. The van der Waals surface area contributed by atoms with Gasteiger partial charge in [0.25, 0.3) is 0 Å². The van der Waals surface area contributed by atoms with E-state index in [1.54, 1.807) is 0 Å². The lowest BCUT2D eigenvalue weighted by atomic mass is 9.76. The first-order valence-electron chi connectivity index (χ1n) is 7.72. The van der Waals surface area contributed by atoms with Crippen molar-refractivity contribution < 1.29 is 14.6 Å².